The Bertz CT molecular complexity index is 596. The Labute approximate surface area is 112 Å². The minimum Gasteiger partial charge on any atom is -0.481 e. The van der Waals surface area contributed by atoms with Gasteiger partial charge in [0.1, 0.15) is 17.3 Å². The van der Waals surface area contributed by atoms with Crippen molar-refractivity contribution < 1.29 is 9.15 Å². The second-order valence-electron chi connectivity index (χ2n) is 4.49. The van der Waals surface area contributed by atoms with Crippen molar-refractivity contribution in [3.8, 4) is 11.8 Å². The second-order valence-corrected chi connectivity index (χ2v) is 4.49. The van der Waals surface area contributed by atoms with Crippen molar-refractivity contribution >= 4 is 0 Å². The molecule has 2 N–H and O–H groups in total. The van der Waals surface area contributed by atoms with Gasteiger partial charge in [-0.2, -0.15) is 5.26 Å². The zero-order valence-electron chi connectivity index (χ0n) is 11.0. The van der Waals surface area contributed by atoms with Gasteiger partial charge in [0, 0.05) is 6.04 Å². The third-order valence-electron chi connectivity index (χ3n) is 2.75. The summed E-state index contributed by atoms with van der Waals surface area (Å²) in [4.78, 5) is 0. The van der Waals surface area contributed by atoms with Crippen LogP contribution in [-0.4, -0.2) is 6.04 Å². The molecule has 0 aliphatic rings. The first-order chi connectivity index (χ1) is 9.10. The molecule has 0 fully saturated rings. The zero-order chi connectivity index (χ0) is 13.8. The minimum atomic E-state index is -0.373. The Kier molecular flexibility index (Phi) is 3.88. The maximum absolute atomic E-state index is 8.88. The van der Waals surface area contributed by atoms with Gasteiger partial charge < -0.3 is 14.9 Å². The molecule has 19 heavy (non-hydrogen) atoms. The summed E-state index contributed by atoms with van der Waals surface area (Å²) in [6, 6.07) is 12.6. The molecule has 0 bridgehead atoms. The van der Waals surface area contributed by atoms with Gasteiger partial charge in [-0.15, -0.1) is 0 Å². The average molecular weight is 256 g/mol. The lowest BCUT2D eigenvalue weighted by molar-refractivity contribution is 0.152. The molecule has 1 aromatic carbocycles. The molecule has 0 aliphatic carbocycles. The van der Waals surface area contributed by atoms with E-state index in [9.17, 15) is 0 Å². The highest BCUT2D eigenvalue weighted by Gasteiger charge is 2.21. The summed E-state index contributed by atoms with van der Waals surface area (Å²) in [7, 11) is 0. The van der Waals surface area contributed by atoms with Gasteiger partial charge in [-0.3, -0.25) is 0 Å². The van der Waals surface area contributed by atoms with Crippen LogP contribution >= 0.6 is 0 Å². The molecule has 2 rings (SSSR count). The monoisotopic (exact) mass is 256 g/mol. The van der Waals surface area contributed by atoms with Gasteiger partial charge in [0.15, 0.2) is 6.10 Å². The first-order valence-electron chi connectivity index (χ1n) is 6.09. The van der Waals surface area contributed by atoms with Crippen LogP contribution in [0.5, 0.6) is 5.75 Å². The number of nitriles is 1. The summed E-state index contributed by atoms with van der Waals surface area (Å²) in [5.74, 6) is 2.11. The molecular weight excluding hydrogens is 240 g/mol. The summed E-state index contributed by atoms with van der Waals surface area (Å²) < 4.78 is 11.4. The van der Waals surface area contributed by atoms with E-state index in [1.54, 1.807) is 24.3 Å². The van der Waals surface area contributed by atoms with Crippen molar-refractivity contribution in [2.24, 2.45) is 5.73 Å². The van der Waals surface area contributed by atoms with Gasteiger partial charge in [-0.25, -0.2) is 0 Å². The number of hydrogen-bond acceptors (Lipinski definition) is 4. The molecule has 1 heterocycles. The number of ether oxygens (including phenoxy) is 1. The smallest absolute Gasteiger partial charge is 0.171 e. The molecule has 0 saturated carbocycles. The number of nitrogens with zero attached hydrogens (tertiary/aromatic N) is 1. The van der Waals surface area contributed by atoms with Crippen LogP contribution in [0.1, 0.15) is 30.1 Å². The Morgan fingerprint density at radius 3 is 2.68 bits per heavy atom. The van der Waals surface area contributed by atoms with Gasteiger partial charge in [0.05, 0.1) is 11.6 Å². The fraction of sp³-hybridized carbons (Fsp3) is 0.267. The largest absolute Gasteiger partial charge is 0.481 e. The fourth-order valence-corrected chi connectivity index (χ4v) is 1.82. The molecular formula is C15H16N2O2. The lowest BCUT2D eigenvalue weighted by Gasteiger charge is -2.20. The van der Waals surface area contributed by atoms with E-state index in [-0.39, 0.29) is 12.1 Å². The molecule has 98 valence electrons. The fourth-order valence-electron chi connectivity index (χ4n) is 1.82. The van der Waals surface area contributed by atoms with Crippen LogP contribution in [-0.2, 0) is 0 Å². The standard InChI is InChI=1S/C15H16N2O2/c1-10-6-7-14(18-10)15(11(2)17)19-13-5-3-4-12(8-13)9-16/h3-8,11,15H,17H2,1-2H3. The maximum atomic E-state index is 8.88. The molecule has 0 amide bonds. The second kappa shape index (κ2) is 5.59. The molecule has 4 heteroatoms. The first-order valence-corrected chi connectivity index (χ1v) is 6.09. The predicted molar refractivity (Wildman–Crippen MR) is 71.6 cm³/mol. The van der Waals surface area contributed by atoms with E-state index >= 15 is 0 Å². The average Bonchev–Trinajstić information content (AvgIpc) is 2.82. The van der Waals surface area contributed by atoms with Crippen LogP contribution in [0.2, 0.25) is 0 Å². The molecule has 2 aromatic rings. The summed E-state index contributed by atoms with van der Waals surface area (Å²) in [5, 5.41) is 8.88. The predicted octanol–water partition coefficient (Wildman–Crippen LogP) is 2.93. The van der Waals surface area contributed by atoms with Crippen LogP contribution in [0.3, 0.4) is 0 Å². The summed E-state index contributed by atoms with van der Waals surface area (Å²) in [6.45, 7) is 3.73. The molecule has 1 aromatic heterocycles. The number of aryl methyl sites for hydroxylation is 1. The Morgan fingerprint density at radius 1 is 1.32 bits per heavy atom. The van der Waals surface area contributed by atoms with Crippen LogP contribution in [0.15, 0.2) is 40.8 Å². The van der Waals surface area contributed by atoms with Crippen LogP contribution in [0.25, 0.3) is 0 Å². The van der Waals surface area contributed by atoms with E-state index in [1.807, 2.05) is 26.0 Å². The van der Waals surface area contributed by atoms with Crippen molar-refractivity contribution in [1.82, 2.24) is 0 Å². The highest BCUT2D eigenvalue weighted by molar-refractivity contribution is 5.36. The SMILES string of the molecule is Cc1ccc(C(Oc2cccc(C#N)c2)C(C)N)o1. The van der Waals surface area contributed by atoms with Gasteiger partial charge in [0.2, 0.25) is 0 Å². The Morgan fingerprint density at radius 2 is 2.11 bits per heavy atom. The summed E-state index contributed by atoms with van der Waals surface area (Å²) >= 11 is 0. The molecule has 0 saturated heterocycles. The third-order valence-corrected chi connectivity index (χ3v) is 2.75. The number of benzene rings is 1. The van der Waals surface area contributed by atoms with E-state index < -0.39 is 0 Å². The van der Waals surface area contributed by atoms with E-state index in [1.165, 1.54) is 0 Å². The van der Waals surface area contributed by atoms with Gasteiger partial charge in [-0.05, 0) is 44.2 Å². The molecule has 0 radical (unpaired) electrons. The van der Waals surface area contributed by atoms with Crippen molar-refractivity contribution in [2.75, 3.05) is 0 Å². The number of hydrogen-bond donors (Lipinski definition) is 1. The maximum Gasteiger partial charge on any atom is 0.171 e. The first kappa shape index (κ1) is 13.2. The van der Waals surface area contributed by atoms with Gasteiger partial charge >= 0.3 is 0 Å². The van der Waals surface area contributed by atoms with Crippen molar-refractivity contribution in [2.45, 2.75) is 26.0 Å². The summed E-state index contributed by atoms with van der Waals surface area (Å²) in [5.41, 5.74) is 6.50. The molecule has 2 atom stereocenters. The molecule has 0 spiro atoms. The zero-order valence-corrected chi connectivity index (χ0v) is 11.0. The highest BCUT2D eigenvalue weighted by atomic mass is 16.5. The number of rotatable bonds is 4. The van der Waals surface area contributed by atoms with E-state index in [2.05, 4.69) is 6.07 Å². The van der Waals surface area contributed by atoms with Crippen molar-refractivity contribution in [3.05, 3.63) is 53.5 Å². The molecule has 2 unspecified atom stereocenters. The van der Waals surface area contributed by atoms with Crippen LogP contribution in [0.4, 0.5) is 0 Å². The third kappa shape index (κ3) is 3.15. The minimum absolute atomic E-state index is 0.226. The van der Waals surface area contributed by atoms with E-state index in [4.69, 9.17) is 20.1 Å². The Balaban J connectivity index is 2.24. The van der Waals surface area contributed by atoms with Crippen molar-refractivity contribution in [1.29, 1.82) is 5.26 Å². The lowest BCUT2D eigenvalue weighted by Crippen LogP contribution is -2.28. The van der Waals surface area contributed by atoms with Crippen LogP contribution < -0.4 is 10.5 Å². The van der Waals surface area contributed by atoms with E-state index in [0.29, 0.717) is 17.1 Å². The number of furan rings is 1. The quantitative estimate of drug-likeness (QED) is 0.912. The van der Waals surface area contributed by atoms with Gasteiger partial charge in [-0.1, -0.05) is 6.07 Å². The van der Waals surface area contributed by atoms with Crippen LogP contribution in [0, 0.1) is 18.3 Å². The summed E-state index contributed by atoms with van der Waals surface area (Å²) in [6.07, 6.45) is -0.373. The van der Waals surface area contributed by atoms with Gasteiger partial charge in [0.25, 0.3) is 0 Å². The lowest BCUT2D eigenvalue weighted by atomic mass is 10.1. The van der Waals surface area contributed by atoms with E-state index in [0.717, 1.165) is 5.76 Å². The highest BCUT2D eigenvalue weighted by Crippen LogP contribution is 2.26. The number of nitrogens with two attached hydrogens (primary N) is 1. The topological polar surface area (TPSA) is 72.2 Å². The normalized spacial score (nSPS) is 13.6. The molecule has 4 nitrogen and oxygen atoms in total. The Hall–Kier alpha value is -2.25. The molecule has 0 aliphatic heterocycles. The van der Waals surface area contributed by atoms with Crippen molar-refractivity contribution in [3.63, 3.8) is 0 Å².